The van der Waals surface area contributed by atoms with Gasteiger partial charge in [-0.1, -0.05) is 12.1 Å². The Hall–Kier alpha value is -3.16. The van der Waals surface area contributed by atoms with Gasteiger partial charge in [-0.3, -0.25) is 14.3 Å². The Morgan fingerprint density at radius 3 is 2.72 bits per heavy atom. The molecule has 1 fully saturated rings. The Labute approximate surface area is 169 Å². The summed E-state index contributed by atoms with van der Waals surface area (Å²) >= 11 is 0. The fourth-order valence-electron chi connectivity index (χ4n) is 3.74. The smallest absolute Gasteiger partial charge is 0.294 e. The lowest BCUT2D eigenvalue weighted by atomic mass is 10.2. The van der Waals surface area contributed by atoms with Crippen molar-refractivity contribution in [1.29, 1.82) is 0 Å². The number of carbonyl (C=O) groups excluding carboxylic acids is 1. The summed E-state index contributed by atoms with van der Waals surface area (Å²) in [5, 5.41) is 7.08. The summed E-state index contributed by atoms with van der Waals surface area (Å²) in [6, 6.07) is 9.50. The van der Waals surface area contributed by atoms with Crippen molar-refractivity contribution in [3.05, 3.63) is 53.1 Å². The summed E-state index contributed by atoms with van der Waals surface area (Å²) in [7, 11) is 0. The average Bonchev–Trinajstić information content (AvgIpc) is 3.44. The van der Waals surface area contributed by atoms with E-state index in [4.69, 9.17) is 0 Å². The number of rotatable bonds is 8. The number of fused-ring (bicyclic) bond motifs is 1. The van der Waals surface area contributed by atoms with Crippen molar-refractivity contribution in [3.63, 3.8) is 0 Å². The third-order valence-electron chi connectivity index (χ3n) is 5.25. The lowest BCUT2D eigenvalue weighted by Crippen LogP contribution is -2.33. The van der Waals surface area contributed by atoms with E-state index < -0.39 is 0 Å². The number of para-hydroxylation sites is 2. The predicted molar refractivity (Wildman–Crippen MR) is 112 cm³/mol. The lowest BCUT2D eigenvalue weighted by molar-refractivity contribution is -0.121. The van der Waals surface area contributed by atoms with Crippen molar-refractivity contribution < 1.29 is 4.79 Å². The summed E-state index contributed by atoms with van der Waals surface area (Å²) in [5.74, 6) is 0.446. The number of carbonyl (C=O) groups is 1. The molecule has 8 heteroatoms. The normalized spacial score (nSPS) is 13.9. The topological polar surface area (TPSA) is 85.0 Å². The van der Waals surface area contributed by atoms with Crippen LogP contribution in [0.3, 0.4) is 0 Å². The van der Waals surface area contributed by atoms with Gasteiger partial charge in [-0.2, -0.15) is 5.10 Å². The average molecular weight is 394 g/mol. The molecule has 3 heterocycles. The van der Waals surface area contributed by atoms with E-state index in [1.54, 1.807) is 10.8 Å². The molecule has 0 spiro atoms. The minimum atomic E-state index is -0.114. The van der Waals surface area contributed by atoms with Crippen LogP contribution in [-0.4, -0.2) is 44.9 Å². The molecule has 0 radical (unpaired) electrons. The molecule has 1 saturated heterocycles. The number of aryl methyl sites for hydroxylation is 2. The van der Waals surface area contributed by atoms with E-state index in [1.165, 1.54) is 0 Å². The minimum absolute atomic E-state index is 0.0546. The molecule has 1 aliphatic rings. The second kappa shape index (κ2) is 8.89. The van der Waals surface area contributed by atoms with Crippen molar-refractivity contribution in [3.8, 4) is 0 Å². The van der Waals surface area contributed by atoms with E-state index in [0.717, 1.165) is 49.9 Å². The van der Waals surface area contributed by atoms with Gasteiger partial charge < -0.3 is 14.8 Å². The highest BCUT2D eigenvalue weighted by Crippen LogP contribution is 2.18. The Morgan fingerprint density at radius 2 is 1.93 bits per heavy atom. The summed E-state index contributed by atoms with van der Waals surface area (Å²) in [5.41, 5.74) is 1.44. The van der Waals surface area contributed by atoms with Gasteiger partial charge in [-0.25, -0.2) is 4.98 Å². The van der Waals surface area contributed by atoms with Crippen LogP contribution in [0, 0.1) is 0 Å². The summed E-state index contributed by atoms with van der Waals surface area (Å²) in [4.78, 5) is 32.1. The Bertz CT molecular complexity index is 1020. The number of nitrogens with one attached hydrogen (secondary N) is 1. The molecule has 0 saturated carbocycles. The number of aromatic nitrogens is 4. The zero-order chi connectivity index (χ0) is 20.1. The van der Waals surface area contributed by atoms with Crippen LogP contribution in [0.15, 0.2) is 47.5 Å². The molecule has 2 aromatic heterocycles. The van der Waals surface area contributed by atoms with E-state index in [1.807, 2.05) is 41.2 Å². The van der Waals surface area contributed by atoms with Gasteiger partial charge in [-0.15, -0.1) is 0 Å². The molecule has 4 rings (SSSR count). The van der Waals surface area contributed by atoms with Gasteiger partial charge in [0.15, 0.2) is 5.82 Å². The molecule has 0 atom stereocenters. The monoisotopic (exact) mass is 394 g/mol. The van der Waals surface area contributed by atoms with Crippen molar-refractivity contribution >= 4 is 22.8 Å². The van der Waals surface area contributed by atoms with Gasteiger partial charge in [0, 0.05) is 51.5 Å². The molecule has 1 aromatic carbocycles. The van der Waals surface area contributed by atoms with Crippen LogP contribution in [-0.2, 0) is 17.9 Å². The summed E-state index contributed by atoms with van der Waals surface area (Å²) in [6.45, 7) is 3.41. The van der Waals surface area contributed by atoms with Crippen LogP contribution in [0.2, 0.25) is 0 Å². The summed E-state index contributed by atoms with van der Waals surface area (Å²) < 4.78 is 3.54. The van der Waals surface area contributed by atoms with Gasteiger partial charge >= 0.3 is 0 Å². The number of anilines is 1. The first-order valence-corrected chi connectivity index (χ1v) is 10.2. The Kier molecular flexibility index (Phi) is 5.88. The van der Waals surface area contributed by atoms with Crippen LogP contribution in [0.25, 0.3) is 11.0 Å². The highest BCUT2D eigenvalue weighted by Gasteiger charge is 2.20. The second-order valence-corrected chi connectivity index (χ2v) is 7.30. The quantitative estimate of drug-likeness (QED) is 0.589. The lowest BCUT2D eigenvalue weighted by Gasteiger charge is -2.19. The fraction of sp³-hybridized carbons (Fsp3) is 0.429. The first-order valence-electron chi connectivity index (χ1n) is 10.2. The molecule has 152 valence electrons. The van der Waals surface area contributed by atoms with E-state index in [0.29, 0.717) is 18.9 Å². The minimum Gasteiger partial charge on any atom is -0.356 e. The Morgan fingerprint density at radius 1 is 1.10 bits per heavy atom. The van der Waals surface area contributed by atoms with Crippen molar-refractivity contribution in [2.24, 2.45) is 0 Å². The van der Waals surface area contributed by atoms with Gasteiger partial charge in [-0.05, 0) is 37.5 Å². The van der Waals surface area contributed by atoms with Gasteiger partial charge in [0.25, 0.3) is 5.56 Å². The van der Waals surface area contributed by atoms with Crippen LogP contribution < -0.4 is 15.8 Å². The largest absolute Gasteiger partial charge is 0.356 e. The maximum atomic E-state index is 13.1. The first kappa shape index (κ1) is 19.2. The number of benzene rings is 1. The highest BCUT2D eigenvalue weighted by atomic mass is 16.2. The zero-order valence-corrected chi connectivity index (χ0v) is 16.5. The van der Waals surface area contributed by atoms with Gasteiger partial charge in [0.2, 0.25) is 5.91 Å². The van der Waals surface area contributed by atoms with Crippen LogP contribution in [0.1, 0.15) is 25.7 Å². The van der Waals surface area contributed by atoms with E-state index in [9.17, 15) is 9.59 Å². The molecule has 0 aliphatic carbocycles. The van der Waals surface area contributed by atoms with Crippen LogP contribution in [0.5, 0.6) is 0 Å². The van der Waals surface area contributed by atoms with Gasteiger partial charge in [0.1, 0.15) is 0 Å². The van der Waals surface area contributed by atoms with E-state index in [-0.39, 0.29) is 17.9 Å². The number of hydrogen-bond donors (Lipinski definition) is 1. The van der Waals surface area contributed by atoms with Gasteiger partial charge in [0.05, 0.1) is 11.0 Å². The molecule has 29 heavy (non-hydrogen) atoms. The maximum Gasteiger partial charge on any atom is 0.294 e. The van der Waals surface area contributed by atoms with Crippen molar-refractivity contribution in [1.82, 2.24) is 24.6 Å². The molecule has 1 amide bonds. The number of nitrogens with zero attached hydrogens (tertiary/aromatic N) is 5. The first-order chi connectivity index (χ1) is 14.2. The van der Waals surface area contributed by atoms with Crippen LogP contribution in [0.4, 0.5) is 5.82 Å². The van der Waals surface area contributed by atoms with Crippen LogP contribution >= 0.6 is 0 Å². The molecular formula is C21H26N6O2. The molecule has 0 unspecified atom stereocenters. The zero-order valence-electron chi connectivity index (χ0n) is 16.5. The van der Waals surface area contributed by atoms with E-state index >= 15 is 0 Å². The molecular weight excluding hydrogens is 368 g/mol. The molecule has 3 aromatic rings. The second-order valence-electron chi connectivity index (χ2n) is 7.30. The Balaban J connectivity index is 1.42. The number of hydrogen-bond acceptors (Lipinski definition) is 5. The summed E-state index contributed by atoms with van der Waals surface area (Å²) in [6.07, 6.45) is 6.87. The number of amides is 1. The molecule has 8 nitrogen and oxygen atoms in total. The highest BCUT2D eigenvalue weighted by molar-refractivity contribution is 5.78. The van der Waals surface area contributed by atoms with Crippen molar-refractivity contribution in [2.45, 2.75) is 38.8 Å². The third kappa shape index (κ3) is 4.47. The third-order valence-corrected chi connectivity index (χ3v) is 5.25. The fourth-order valence-corrected chi connectivity index (χ4v) is 3.74. The SMILES string of the molecule is O=C(CCn1c(=O)c(N2CCCC2)nc2ccccc21)NCCCn1cccn1. The van der Waals surface area contributed by atoms with E-state index in [2.05, 4.69) is 20.3 Å². The maximum absolute atomic E-state index is 13.1. The molecule has 0 bridgehead atoms. The predicted octanol–water partition coefficient (Wildman–Crippen LogP) is 1.79. The van der Waals surface area contributed by atoms with Crippen molar-refractivity contribution in [2.75, 3.05) is 24.5 Å². The molecule has 1 aliphatic heterocycles. The molecule has 1 N–H and O–H groups in total. The standard InChI is InChI=1S/C21H26N6O2/c28-19(22-10-5-14-26-15-6-11-23-26)9-16-27-18-8-2-1-7-17(18)24-20(21(27)29)25-12-3-4-13-25/h1-2,6-8,11,15H,3-5,9-10,12-14,16H2,(H,22,28).